The third-order valence-corrected chi connectivity index (χ3v) is 6.65. The minimum Gasteiger partial charge on any atom is -1.00 e. The molecule has 12 heavy (non-hydrogen) atoms. The summed E-state index contributed by atoms with van der Waals surface area (Å²) in [5.41, 5.74) is 0. The molecule has 0 bridgehead atoms. The van der Waals surface area contributed by atoms with Crippen molar-refractivity contribution >= 4 is 7.26 Å². The Balaban J connectivity index is 0. The summed E-state index contributed by atoms with van der Waals surface area (Å²) in [7, 11) is -0.689. The van der Waals surface area contributed by atoms with Gasteiger partial charge in [-0.1, -0.05) is 6.92 Å². The maximum absolute atomic E-state index is 8.46. The molecular weight excluding hydrogens is 280 g/mol. The zero-order valence-corrected chi connectivity index (χ0v) is 11.4. The van der Waals surface area contributed by atoms with Crippen molar-refractivity contribution in [3.05, 3.63) is 0 Å². The topological polar surface area (TPSA) is 23.8 Å². The van der Waals surface area contributed by atoms with E-state index in [1.54, 1.807) is 0 Å². The Morgan fingerprint density at radius 1 is 1.25 bits per heavy atom. The Kier molecular flexibility index (Phi) is 10.4. The van der Waals surface area contributed by atoms with E-state index in [0.29, 0.717) is 0 Å². The van der Waals surface area contributed by atoms with Crippen molar-refractivity contribution in [2.24, 2.45) is 0 Å². The molecule has 1 atom stereocenters. The number of rotatable bonds is 5. The summed E-state index contributed by atoms with van der Waals surface area (Å²) >= 11 is 0. The summed E-state index contributed by atoms with van der Waals surface area (Å²) in [5.74, 6) is 0. The van der Waals surface area contributed by atoms with Gasteiger partial charge >= 0.3 is 0 Å². The van der Waals surface area contributed by atoms with Crippen LogP contribution in [-0.4, -0.2) is 25.2 Å². The lowest BCUT2D eigenvalue weighted by molar-refractivity contribution is -0.00000289. The molecule has 1 nitrogen and oxygen atoms in total. The second-order valence-electron chi connectivity index (χ2n) is 3.29. The summed E-state index contributed by atoms with van der Waals surface area (Å²) in [5, 5.41) is 8.46. The molecule has 1 unspecified atom stereocenters. The minimum atomic E-state index is -0.689. The van der Waals surface area contributed by atoms with Gasteiger partial charge in [0.25, 0.3) is 0 Å². The maximum Gasteiger partial charge on any atom is 0.0721 e. The fraction of sp³-hybridized carbons (Fsp3) is 0.889. The van der Waals surface area contributed by atoms with Crippen LogP contribution in [0.2, 0.25) is 0 Å². The van der Waals surface area contributed by atoms with Crippen LogP contribution in [0.3, 0.4) is 0 Å². The Bertz CT molecular complexity index is 144. The van der Waals surface area contributed by atoms with Crippen LogP contribution in [0.15, 0.2) is 0 Å². The fourth-order valence-corrected chi connectivity index (χ4v) is 3.86. The molecule has 0 spiro atoms. The van der Waals surface area contributed by atoms with Crippen molar-refractivity contribution in [2.45, 2.75) is 26.7 Å². The molecule has 3 heteroatoms. The zero-order chi connectivity index (χ0) is 8.74. The van der Waals surface area contributed by atoms with Crippen molar-refractivity contribution < 1.29 is 24.0 Å². The van der Waals surface area contributed by atoms with Gasteiger partial charge in [0.1, 0.15) is 0 Å². The van der Waals surface area contributed by atoms with E-state index in [1.165, 1.54) is 24.9 Å². The van der Waals surface area contributed by atoms with Crippen LogP contribution < -0.4 is 24.0 Å². The van der Waals surface area contributed by atoms with Crippen LogP contribution in [0.5, 0.6) is 0 Å². The highest BCUT2D eigenvalue weighted by Gasteiger charge is 2.26. The van der Waals surface area contributed by atoms with Crippen molar-refractivity contribution in [1.29, 1.82) is 5.26 Å². The predicted molar refractivity (Wildman–Crippen MR) is 53.6 cm³/mol. The van der Waals surface area contributed by atoms with Gasteiger partial charge in [-0.2, -0.15) is 5.26 Å². The van der Waals surface area contributed by atoms with Crippen LogP contribution in [0.4, 0.5) is 0 Å². The van der Waals surface area contributed by atoms with Gasteiger partial charge in [0.2, 0.25) is 0 Å². The predicted octanol–water partition coefficient (Wildman–Crippen LogP) is -0.0186. The molecule has 0 radical (unpaired) electrons. The first-order valence-electron chi connectivity index (χ1n) is 4.39. The monoisotopic (exact) mass is 299 g/mol. The van der Waals surface area contributed by atoms with Crippen LogP contribution >= 0.6 is 7.26 Å². The highest BCUT2D eigenvalue weighted by atomic mass is 127. The fourth-order valence-electron chi connectivity index (χ4n) is 1.29. The van der Waals surface area contributed by atoms with Gasteiger partial charge in [0.15, 0.2) is 0 Å². The molecule has 0 aromatic carbocycles. The molecule has 0 saturated carbocycles. The first-order valence-corrected chi connectivity index (χ1v) is 7.18. The van der Waals surface area contributed by atoms with Crippen molar-refractivity contribution in [3.63, 3.8) is 0 Å². The SMILES string of the molecule is CCC[P+](C)(CC)CCC#N.[I-]. The molecule has 0 amide bonds. The molecule has 0 saturated heterocycles. The van der Waals surface area contributed by atoms with Crippen molar-refractivity contribution in [2.75, 3.05) is 25.2 Å². The minimum absolute atomic E-state index is 0. The normalized spacial score (nSPS) is 14.2. The lowest BCUT2D eigenvalue weighted by Gasteiger charge is -2.19. The average molecular weight is 299 g/mol. The summed E-state index contributed by atoms with van der Waals surface area (Å²) in [6.07, 6.45) is 5.89. The van der Waals surface area contributed by atoms with E-state index in [1.807, 2.05) is 0 Å². The third-order valence-electron chi connectivity index (χ3n) is 2.29. The van der Waals surface area contributed by atoms with Gasteiger partial charge in [0, 0.05) is 13.9 Å². The van der Waals surface area contributed by atoms with Gasteiger partial charge in [-0.15, -0.1) is 0 Å². The average Bonchev–Trinajstić information content (AvgIpc) is 2.02. The summed E-state index contributed by atoms with van der Waals surface area (Å²) in [6.45, 7) is 6.90. The maximum atomic E-state index is 8.46. The van der Waals surface area contributed by atoms with Crippen LogP contribution in [0, 0.1) is 11.3 Å². The Morgan fingerprint density at radius 2 is 1.83 bits per heavy atom. The smallest absolute Gasteiger partial charge is 0.0721 e. The Hall–Kier alpha value is 0.650. The molecule has 0 aliphatic carbocycles. The summed E-state index contributed by atoms with van der Waals surface area (Å²) < 4.78 is 0. The highest BCUT2D eigenvalue weighted by Crippen LogP contribution is 2.55. The Morgan fingerprint density at radius 3 is 2.17 bits per heavy atom. The molecule has 0 aromatic heterocycles. The van der Waals surface area contributed by atoms with E-state index >= 15 is 0 Å². The second kappa shape index (κ2) is 8.26. The van der Waals surface area contributed by atoms with Gasteiger partial charge in [-0.25, -0.2) is 0 Å². The molecular formula is C9H19INP. The number of nitrogens with zero attached hydrogens (tertiary/aromatic N) is 1. The molecule has 0 N–H and O–H groups in total. The van der Waals surface area contributed by atoms with Gasteiger partial charge in [0.05, 0.1) is 31.0 Å². The lowest BCUT2D eigenvalue weighted by Crippen LogP contribution is -3.00. The van der Waals surface area contributed by atoms with Gasteiger partial charge < -0.3 is 24.0 Å². The molecule has 72 valence electrons. The van der Waals surface area contributed by atoms with Gasteiger partial charge in [-0.3, -0.25) is 0 Å². The van der Waals surface area contributed by atoms with E-state index < -0.39 is 7.26 Å². The van der Waals surface area contributed by atoms with E-state index in [0.717, 1.165) is 6.42 Å². The molecule has 0 aliphatic rings. The summed E-state index contributed by atoms with van der Waals surface area (Å²) in [6, 6.07) is 2.24. The van der Waals surface area contributed by atoms with Crippen LogP contribution in [-0.2, 0) is 0 Å². The van der Waals surface area contributed by atoms with E-state index in [2.05, 4.69) is 26.6 Å². The number of hydrogen-bond acceptors (Lipinski definition) is 1. The molecule has 0 fully saturated rings. The van der Waals surface area contributed by atoms with E-state index in [-0.39, 0.29) is 24.0 Å². The van der Waals surface area contributed by atoms with E-state index in [4.69, 9.17) is 5.26 Å². The number of hydrogen-bond donors (Lipinski definition) is 0. The first-order chi connectivity index (χ1) is 5.18. The van der Waals surface area contributed by atoms with Crippen molar-refractivity contribution in [1.82, 2.24) is 0 Å². The zero-order valence-electron chi connectivity index (χ0n) is 8.31. The van der Waals surface area contributed by atoms with Gasteiger partial charge in [-0.05, 0) is 13.3 Å². The Labute approximate surface area is 94.3 Å². The van der Waals surface area contributed by atoms with E-state index in [9.17, 15) is 0 Å². The molecule has 0 rings (SSSR count). The third kappa shape index (κ3) is 6.20. The van der Waals surface area contributed by atoms with Crippen LogP contribution in [0.1, 0.15) is 26.7 Å². The standard InChI is InChI=1S/C9H19NP.HI/c1-4-8-11(3,5-2)9-6-7-10;/h4-6,8-9H2,1-3H3;1H/q+1;/p-1. The molecule has 0 aromatic rings. The largest absolute Gasteiger partial charge is 1.00 e. The molecule has 0 heterocycles. The lowest BCUT2D eigenvalue weighted by atomic mass is 10.6. The molecule has 0 aliphatic heterocycles. The highest BCUT2D eigenvalue weighted by molar-refractivity contribution is 7.75. The van der Waals surface area contributed by atoms with Crippen molar-refractivity contribution in [3.8, 4) is 6.07 Å². The second-order valence-corrected chi connectivity index (χ2v) is 8.06. The summed E-state index contributed by atoms with van der Waals surface area (Å²) in [4.78, 5) is 0. The number of nitriles is 1. The first kappa shape index (κ1) is 15.1. The quantitative estimate of drug-likeness (QED) is 0.517. The number of halogens is 1. The van der Waals surface area contributed by atoms with Crippen LogP contribution in [0.25, 0.3) is 0 Å².